The molecule has 2 aromatic carbocycles. The molecule has 1 N–H and O–H groups in total. The number of hydrogen-bond donors (Lipinski definition) is 1. The number of ether oxygens (including phenoxy) is 2. The molecule has 10 nitrogen and oxygen atoms in total. The topological polar surface area (TPSA) is 122 Å². The van der Waals surface area contributed by atoms with Gasteiger partial charge in [-0.1, -0.05) is 12.1 Å². The van der Waals surface area contributed by atoms with Crippen molar-refractivity contribution in [3.05, 3.63) is 70.3 Å². The van der Waals surface area contributed by atoms with Gasteiger partial charge >= 0.3 is 0 Å². The van der Waals surface area contributed by atoms with Gasteiger partial charge in [-0.3, -0.25) is 9.59 Å². The number of amides is 1. The van der Waals surface area contributed by atoms with E-state index in [1.807, 2.05) is 13.8 Å². The zero-order chi connectivity index (χ0) is 25.9. The van der Waals surface area contributed by atoms with Gasteiger partial charge in [0.05, 0.1) is 41.2 Å². The Morgan fingerprint density at radius 3 is 2.47 bits per heavy atom. The van der Waals surface area contributed by atoms with Crippen LogP contribution in [0.1, 0.15) is 30.0 Å². The molecule has 0 aliphatic carbocycles. The first kappa shape index (κ1) is 26.0. The number of aromatic nitrogens is 2. The summed E-state index contributed by atoms with van der Waals surface area (Å²) in [4.78, 5) is 34.6. The molecule has 0 radical (unpaired) electrons. The summed E-state index contributed by atoms with van der Waals surface area (Å²) in [5.41, 5.74) is 0.574. The van der Waals surface area contributed by atoms with Gasteiger partial charge in [-0.25, -0.2) is 13.4 Å². The number of methoxy groups -OCH3 is 1. The average molecular weight is 515 g/mol. The second-order valence-corrected chi connectivity index (χ2v) is 10.8. The highest BCUT2D eigenvalue weighted by Gasteiger charge is 2.32. The van der Waals surface area contributed by atoms with E-state index in [1.54, 1.807) is 24.3 Å². The van der Waals surface area contributed by atoms with E-state index in [4.69, 9.17) is 9.47 Å². The predicted octanol–water partition coefficient (Wildman–Crippen LogP) is 2.01. The van der Waals surface area contributed by atoms with Gasteiger partial charge in [0.2, 0.25) is 10.0 Å². The first-order chi connectivity index (χ1) is 17.2. The summed E-state index contributed by atoms with van der Waals surface area (Å²) >= 11 is 0. The van der Waals surface area contributed by atoms with Crippen LogP contribution in [-0.4, -0.2) is 79.1 Å². The van der Waals surface area contributed by atoms with Crippen LogP contribution < -0.4 is 5.56 Å². The van der Waals surface area contributed by atoms with Gasteiger partial charge in [-0.05, 0) is 50.2 Å². The van der Waals surface area contributed by atoms with Crippen LogP contribution in [0.25, 0.3) is 10.9 Å². The molecule has 1 saturated heterocycles. The van der Waals surface area contributed by atoms with Crippen molar-refractivity contribution in [2.75, 3.05) is 33.4 Å². The molecule has 11 heteroatoms. The largest absolute Gasteiger partial charge is 0.383 e. The molecular weight excluding hydrogens is 484 g/mol. The molecule has 1 amide bonds. The quantitative estimate of drug-likeness (QED) is 0.488. The molecule has 4 rings (SSSR count). The number of nitrogens with one attached hydrogen (secondary N) is 1. The van der Waals surface area contributed by atoms with Crippen LogP contribution in [0.5, 0.6) is 0 Å². The number of hydrogen-bond acceptors (Lipinski definition) is 7. The Bertz CT molecular complexity index is 1380. The lowest BCUT2D eigenvalue weighted by Crippen LogP contribution is -2.48. The zero-order valence-electron chi connectivity index (χ0n) is 20.5. The standard InChI is InChI=1S/C25H30N4O6S/c1-17-14-29(15-18(2)35-17)36(32,33)20-10-8-19(9-11-20)25(31)28(12-13-34-3)16-23-26-22-7-5-4-6-21(22)24(30)27-23/h4-11,17-18H,12-16H2,1-3H3,(H,26,27,30). The van der Waals surface area contributed by atoms with Crippen molar-refractivity contribution >= 4 is 26.8 Å². The van der Waals surface area contributed by atoms with Crippen molar-refractivity contribution < 1.29 is 22.7 Å². The molecule has 1 aliphatic rings. The predicted molar refractivity (Wildman–Crippen MR) is 134 cm³/mol. The number of H-pyrrole nitrogens is 1. The molecular formula is C25H30N4O6S. The molecule has 0 bridgehead atoms. The highest BCUT2D eigenvalue weighted by atomic mass is 32.2. The van der Waals surface area contributed by atoms with Crippen molar-refractivity contribution in [1.29, 1.82) is 0 Å². The van der Waals surface area contributed by atoms with Crippen LogP contribution in [-0.2, 0) is 26.0 Å². The van der Waals surface area contributed by atoms with Crippen molar-refractivity contribution in [3.8, 4) is 0 Å². The molecule has 36 heavy (non-hydrogen) atoms. The fourth-order valence-corrected chi connectivity index (χ4v) is 5.86. The van der Waals surface area contributed by atoms with Gasteiger partial charge < -0.3 is 19.4 Å². The first-order valence-electron chi connectivity index (χ1n) is 11.7. The summed E-state index contributed by atoms with van der Waals surface area (Å²) < 4.78 is 38.5. The molecule has 3 aromatic rings. The van der Waals surface area contributed by atoms with Gasteiger partial charge in [0.15, 0.2) is 0 Å². The maximum absolute atomic E-state index is 13.3. The summed E-state index contributed by atoms with van der Waals surface area (Å²) in [6.45, 7) is 4.83. The fourth-order valence-electron chi connectivity index (χ4n) is 4.27. The highest BCUT2D eigenvalue weighted by molar-refractivity contribution is 7.89. The third-order valence-electron chi connectivity index (χ3n) is 5.98. The fraction of sp³-hybridized carbons (Fsp3) is 0.400. The Morgan fingerprint density at radius 2 is 1.81 bits per heavy atom. The molecule has 0 spiro atoms. The van der Waals surface area contributed by atoms with Crippen LogP contribution in [0, 0.1) is 0 Å². The van der Waals surface area contributed by atoms with E-state index in [1.165, 1.54) is 40.6 Å². The van der Waals surface area contributed by atoms with E-state index in [0.29, 0.717) is 22.3 Å². The van der Waals surface area contributed by atoms with Crippen LogP contribution in [0.3, 0.4) is 0 Å². The van der Waals surface area contributed by atoms with Gasteiger partial charge in [-0.2, -0.15) is 4.31 Å². The SMILES string of the molecule is COCCN(Cc1nc2ccccc2c(=O)[nH]1)C(=O)c1ccc(S(=O)(=O)N2CC(C)OC(C)C2)cc1. The summed E-state index contributed by atoms with van der Waals surface area (Å²) in [6.07, 6.45) is -0.400. The number of carbonyl (C=O) groups is 1. The van der Waals surface area contributed by atoms with E-state index in [0.717, 1.165) is 0 Å². The number of sulfonamides is 1. The first-order valence-corrected chi connectivity index (χ1v) is 13.1. The highest BCUT2D eigenvalue weighted by Crippen LogP contribution is 2.22. The number of nitrogens with zero attached hydrogens (tertiary/aromatic N) is 3. The Balaban J connectivity index is 1.56. The molecule has 2 heterocycles. The number of morpholine rings is 1. The van der Waals surface area contributed by atoms with E-state index >= 15 is 0 Å². The zero-order valence-corrected chi connectivity index (χ0v) is 21.3. The third kappa shape index (κ3) is 5.65. The summed E-state index contributed by atoms with van der Waals surface area (Å²) in [5, 5.41) is 0.469. The van der Waals surface area contributed by atoms with Gasteiger partial charge in [0.25, 0.3) is 11.5 Å². The van der Waals surface area contributed by atoms with Crippen LogP contribution in [0.2, 0.25) is 0 Å². The number of benzene rings is 2. The van der Waals surface area contributed by atoms with E-state index < -0.39 is 10.0 Å². The summed E-state index contributed by atoms with van der Waals surface area (Å²) in [6, 6.07) is 12.9. The second-order valence-electron chi connectivity index (χ2n) is 8.85. The Morgan fingerprint density at radius 1 is 1.14 bits per heavy atom. The minimum absolute atomic E-state index is 0.0614. The maximum Gasteiger partial charge on any atom is 0.258 e. The lowest BCUT2D eigenvalue weighted by molar-refractivity contribution is -0.0440. The number of aromatic amines is 1. The number of carbonyl (C=O) groups excluding carboxylic acids is 1. The lowest BCUT2D eigenvalue weighted by Gasteiger charge is -2.34. The molecule has 2 atom stereocenters. The summed E-state index contributed by atoms with van der Waals surface area (Å²) in [5.74, 6) is 0.0123. The van der Waals surface area contributed by atoms with Gasteiger partial charge in [0, 0.05) is 32.3 Å². The molecule has 192 valence electrons. The van der Waals surface area contributed by atoms with Crippen molar-refractivity contribution in [2.45, 2.75) is 37.5 Å². The minimum atomic E-state index is -3.72. The van der Waals surface area contributed by atoms with Crippen molar-refractivity contribution in [1.82, 2.24) is 19.2 Å². The van der Waals surface area contributed by atoms with Crippen molar-refractivity contribution in [2.24, 2.45) is 0 Å². The van der Waals surface area contributed by atoms with Crippen LogP contribution >= 0.6 is 0 Å². The van der Waals surface area contributed by atoms with Crippen LogP contribution in [0.15, 0.2) is 58.2 Å². The number of rotatable bonds is 8. The number of para-hydroxylation sites is 1. The molecule has 1 fully saturated rings. The molecule has 1 aliphatic heterocycles. The molecule has 0 saturated carbocycles. The second kappa shape index (κ2) is 10.9. The third-order valence-corrected chi connectivity index (χ3v) is 7.83. The normalized spacial score (nSPS) is 18.9. The summed E-state index contributed by atoms with van der Waals surface area (Å²) in [7, 11) is -2.19. The van der Waals surface area contributed by atoms with Crippen LogP contribution in [0.4, 0.5) is 0 Å². The monoisotopic (exact) mass is 514 g/mol. The van der Waals surface area contributed by atoms with E-state index in [9.17, 15) is 18.0 Å². The molecule has 1 aromatic heterocycles. The average Bonchev–Trinajstić information content (AvgIpc) is 2.85. The smallest absolute Gasteiger partial charge is 0.258 e. The maximum atomic E-state index is 13.3. The van der Waals surface area contributed by atoms with Gasteiger partial charge in [-0.15, -0.1) is 0 Å². The Kier molecular flexibility index (Phi) is 7.84. The van der Waals surface area contributed by atoms with E-state index in [2.05, 4.69) is 9.97 Å². The van der Waals surface area contributed by atoms with Gasteiger partial charge in [0.1, 0.15) is 5.82 Å². The Labute approximate surface area is 209 Å². The minimum Gasteiger partial charge on any atom is -0.383 e. The lowest BCUT2D eigenvalue weighted by atomic mass is 10.2. The van der Waals surface area contributed by atoms with Crippen molar-refractivity contribution in [3.63, 3.8) is 0 Å². The number of fused-ring (bicyclic) bond motifs is 1. The Hall–Kier alpha value is -3.12. The van der Waals surface area contributed by atoms with E-state index in [-0.39, 0.29) is 61.4 Å². The molecule has 2 unspecified atom stereocenters.